The average Bonchev–Trinajstić information content (AvgIpc) is 2.62. The van der Waals surface area contributed by atoms with Crippen LogP contribution in [0.5, 0.6) is 0 Å². The van der Waals surface area contributed by atoms with Gasteiger partial charge in [0.1, 0.15) is 5.82 Å². The maximum absolute atomic E-state index is 5.99. The number of rotatable bonds is 1. The number of hydrogen-bond acceptors (Lipinski definition) is 3. The molecule has 2 rings (SSSR count). The van der Waals surface area contributed by atoms with Crippen molar-refractivity contribution in [2.45, 2.75) is 31.2 Å². The number of nitrogens with two attached hydrogens (primary N) is 1. The number of aromatic nitrogens is 3. The second kappa shape index (κ2) is 4.42. The van der Waals surface area contributed by atoms with E-state index in [9.17, 15) is 0 Å². The first-order valence-electron chi connectivity index (χ1n) is 4.57. The van der Waals surface area contributed by atoms with Crippen LogP contribution in [0.15, 0.2) is 0 Å². The van der Waals surface area contributed by atoms with Gasteiger partial charge in [-0.1, -0.05) is 6.42 Å². The van der Waals surface area contributed by atoms with Crippen molar-refractivity contribution in [1.29, 1.82) is 0 Å². The normalized spacial score (nSPS) is 26.1. The molecule has 1 fully saturated rings. The molecule has 3 N–H and O–H groups in total. The first kappa shape index (κ1) is 11.7. The van der Waals surface area contributed by atoms with Gasteiger partial charge in [0.05, 0.1) is 0 Å². The lowest BCUT2D eigenvalue weighted by Gasteiger charge is -2.13. The molecule has 0 aliphatic heterocycles. The predicted molar refractivity (Wildman–Crippen MR) is 60.2 cm³/mol. The van der Waals surface area contributed by atoms with Gasteiger partial charge in [0.2, 0.25) is 0 Å². The summed E-state index contributed by atoms with van der Waals surface area (Å²) in [6, 6.07) is 0.254. The molecule has 0 radical (unpaired) electrons. The first-order chi connectivity index (χ1) is 6.20. The van der Waals surface area contributed by atoms with Crippen molar-refractivity contribution < 1.29 is 0 Å². The monoisotopic (exact) mass is 234 g/mol. The number of H-pyrrole nitrogens is 1. The van der Waals surface area contributed by atoms with E-state index in [1.54, 1.807) is 0 Å². The van der Waals surface area contributed by atoms with Crippen molar-refractivity contribution in [2.24, 2.45) is 12.8 Å². The molecule has 0 amide bonds. The summed E-state index contributed by atoms with van der Waals surface area (Å²) in [6.07, 6.45) is 3.43. The van der Waals surface area contributed by atoms with Gasteiger partial charge in [0.25, 0.3) is 0 Å². The van der Waals surface area contributed by atoms with E-state index in [1.165, 1.54) is 6.42 Å². The molecule has 4 nitrogen and oxygen atoms in total. The van der Waals surface area contributed by atoms with Gasteiger partial charge in [-0.2, -0.15) is 5.10 Å². The fourth-order valence-corrected chi connectivity index (χ4v) is 2.14. The summed E-state index contributed by atoms with van der Waals surface area (Å²) in [4.78, 5) is 0. The highest BCUT2D eigenvalue weighted by Crippen LogP contribution is 2.31. The topological polar surface area (TPSA) is 59.6 Å². The second-order valence-corrected chi connectivity index (χ2v) is 4.03. The summed E-state index contributed by atoms with van der Waals surface area (Å²) in [5.74, 6) is 1.40. The average molecular weight is 235 g/mol. The van der Waals surface area contributed by atoms with Crippen LogP contribution in [0.2, 0.25) is 0 Å². The Hall–Kier alpha value is -0.390. The minimum Gasteiger partial charge on any atom is -0.327 e. The number of nitrogens with zero attached hydrogens (tertiary/aromatic N) is 2. The number of hydrogen-bond donors (Lipinski definition) is 2. The van der Waals surface area contributed by atoms with Crippen molar-refractivity contribution in [3.8, 4) is 0 Å². The minimum absolute atomic E-state index is 0. The second-order valence-electron chi connectivity index (χ2n) is 3.65. The van der Waals surface area contributed by atoms with Gasteiger partial charge < -0.3 is 10.3 Å². The molecule has 0 unspecified atom stereocenters. The fourth-order valence-electron chi connectivity index (χ4n) is 2.00. The van der Waals surface area contributed by atoms with E-state index in [-0.39, 0.29) is 18.4 Å². The molecule has 14 heavy (non-hydrogen) atoms. The summed E-state index contributed by atoms with van der Waals surface area (Å²) in [7, 11) is 1.94. The quantitative estimate of drug-likeness (QED) is 0.724. The van der Waals surface area contributed by atoms with Crippen LogP contribution >= 0.6 is 24.6 Å². The summed E-state index contributed by atoms with van der Waals surface area (Å²) in [5, 5.41) is 7.01. The zero-order valence-electron chi connectivity index (χ0n) is 8.06. The maximum Gasteiger partial charge on any atom is 0.194 e. The molecule has 80 valence electrons. The summed E-state index contributed by atoms with van der Waals surface area (Å²) < 4.78 is 2.60. The van der Waals surface area contributed by atoms with E-state index in [4.69, 9.17) is 18.0 Å². The molecule has 1 aromatic heterocycles. The third kappa shape index (κ3) is 1.85. The van der Waals surface area contributed by atoms with Gasteiger partial charge in [-0.15, -0.1) is 12.4 Å². The highest BCUT2D eigenvalue weighted by Gasteiger charge is 2.28. The van der Waals surface area contributed by atoms with Crippen LogP contribution in [0, 0.1) is 4.77 Å². The van der Waals surface area contributed by atoms with Crippen LogP contribution in [0.1, 0.15) is 31.0 Å². The van der Waals surface area contributed by atoms with Crippen molar-refractivity contribution >= 4 is 24.6 Å². The summed E-state index contributed by atoms with van der Waals surface area (Å²) in [5.41, 5.74) is 5.99. The largest absolute Gasteiger partial charge is 0.327 e. The number of aromatic amines is 1. The molecule has 0 bridgehead atoms. The Balaban J connectivity index is 0.000000980. The van der Waals surface area contributed by atoms with Crippen LogP contribution in [-0.4, -0.2) is 20.8 Å². The van der Waals surface area contributed by atoms with Gasteiger partial charge in [0, 0.05) is 19.0 Å². The number of nitrogens with one attached hydrogen (secondary N) is 1. The third-order valence-electron chi connectivity index (χ3n) is 2.82. The standard InChI is InChI=1S/C8H14N4S.ClH/c1-12-7(10-11-8(12)13)5-3-2-4-6(5)9;/h5-6H,2-4,9H2,1H3,(H,11,13);1H/t5-,6+;/m1./s1. The highest BCUT2D eigenvalue weighted by atomic mass is 35.5. The molecule has 6 heteroatoms. The molecular weight excluding hydrogens is 220 g/mol. The van der Waals surface area contributed by atoms with Gasteiger partial charge >= 0.3 is 0 Å². The van der Waals surface area contributed by atoms with Crippen molar-refractivity contribution in [3.05, 3.63) is 10.6 Å². The van der Waals surface area contributed by atoms with Gasteiger partial charge in [0.15, 0.2) is 4.77 Å². The number of halogens is 1. The van der Waals surface area contributed by atoms with Crippen LogP contribution in [0.3, 0.4) is 0 Å². The first-order valence-corrected chi connectivity index (χ1v) is 4.98. The Morgan fingerprint density at radius 2 is 2.29 bits per heavy atom. The third-order valence-corrected chi connectivity index (χ3v) is 3.18. The van der Waals surface area contributed by atoms with Crippen molar-refractivity contribution in [2.75, 3.05) is 0 Å². The zero-order valence-corrected chi connectivity index (χ0v) is 9.70. The Bertz CT molecular complexity index is 358. The highest BCUT2D eigenvalue weighted by molar-refractivity contribution is 7.71. The maximum atomic E-state index is 5.99. The predicted octanol–water partition coefficient (Wildman–Crippen LogP) is 1.49. The van der Waals surface area contributed by atoms with Gasteiger partial charge in [-0.3, -0.25) is 5.10 Å². The van der Waals surface area contributed by atoms with Crippen LogP contribution in [0.4, 0.5) is 0 Å². The SMILES string of the molecule is Cl.Cn1c([C@@H]2CCC[C@@H]2N)n[nH]c1=S. The minimum atomic E-state index is 0. The van der Waals surface area contributed by atoms with Crippen molar-refractivity contribution in [3.63, 3.8) is 0 Å². The van der Waals surface area contributed by atoms with Gasteiger partial charge in [-0.25, -0.2) is 0 Å². The Morgan fingerprint density at radius 3 is 2.71 bits per heavy atom. The van der Waals surface area contributed by atoms with E-state index in [1.807, 2.05) is 11.6 Å². The van der Waals surface area contributed by atoms with E-state index in [0.717, 1.165) is 18.7 Å². The molecule has 1 aliphatic rings. The Labute approximate surface area is 94.3 Å². The van der Waals surface area contributed by atoms with E-state index in [2.05, 4.69) is 10.2 Å². The molecule has 1 heterocycles. The van der Waals surface area contributed by atoms with E-state index in [0.29, 0.717) is 10.7 Å². The van der Waals surface area contributed by atoms with Crippen LogP contribution < -0.4 is 5.73 Å². The molecular formula is C8H15ClN4S. The Morgan fingerprint density at radius 1 is 1.57 bits per heavy atom. The molecule has 0 saturated heterocycles. The fraction of sp³-hybridized carbons (Fsp3) is 0.750. The lowest BCUT2D eigenvalue weighted by Crippen LogP contribution is -2.24. The zero-order chi connectivity index (χ0) is 9.42. The van der Waals surface area contributed by atoms with Gasteiger partial charge in [-0.05, 0) is 25.1 Å². The molecule has 0 spiro atoms. The van der Waals surface area contributed by atoms with E-state index >= 15 is 0 Å². The lowest BCUT2D eigenvalue weighted by molar-refractivity contribution is 0.559. The summed E-state index contributed by atoms with van der Waals surface area (Å²) in [6.45, 7) is 0. The smallest absolute Gasteiger partial charge is 0.194 e. The molecule has 1 aliphatic carbocycles. The lowest BCUT2D eigenvalue weighted by atomic mass is 10.0. The Kier molecular flexibility index (Phi) is 3.69. The van der Waals surface area contributed by atoms with E-state index < -0.39 is 0 Å². The van der Waals surface area contributed by atoms with Crippen LogP contribution in [0.25, 0.3) is 0 Å². The summed E-state index contributed by atoms with van der Waals surface area (Å²) >= 11 is 5.05. The van der Waals surface area contributed by atoms with Crippen molar-refractivity contribution in [1.82, 2.24) is 14.8 Å². The molecule has 1 aromatic rings. The van der Waals surface area contributed by atoms with Crippen LogP contribution in [-0.2, 0) is 7.05 Å². The molecule has 0 aromatic carbocycles. The molecule has 2 atom stereocenters. The molecule has 1 saturated carbocycles.